The highest BCUT2D eigenvalue weighted by Gasteiger charge is 2.46. The van der Waals surface area contributed by atoms with Crippen LogP contribution in [0.25, 0.3) is 0 Å². The first-order valence-electron chi connectivity index (χ1n) is 8.35. The molecule has 0 radical (unpaired) electrons. The molecular weight excluding hydrogens is 220 g/mol. The fraction of sp³-hybridized carbons (Fsp3) is 1.00. The molecule has 3 rings (SSSR count). The van der Waals surface area contributed by atoms with E-state index in [0.717, 1.165) is 11.5 Å². The summed E-state index contributed by atoms with van der Waals surface area (Å²) in [5.74, 6) is 0. The third-order valence-corrected chi connectivity index (χ3v) is 5.76. The Morgan fingerprint density at radius 3 is 2.39 bits per heavy atom. The lowest BCUT2D eigenvalue weighted by atomic mass is 9.57. The Hall–Kier alpha value is -0.0800. The van der Waals surface area contributed by atoms with Gasteiger partial charge in [0.05, 0.1) is 0 Å². The molecule has 2 nitrogen and oxygen atoms in total. The van der Waals surface area contributed by atoms with E-state index in [-0.39, 0.29) is 0 Å². The molecule has 1 spiro atoms. The fourth-order valence-corrected chi connectivity index (χ4v) is 4.46. The SMILES string of the molecule is C1CCC2(CC1)CCC2NCCCN1CCCC1. The molecule has 2 heteroatoms. The van der Waals surface area contributed by atoms with Gasteiger partial charge in [0.2, 0.25) is 0 Å². The largest absolute Gasteiger partial charge is 0.313 e. The Morgan fingerprint density at radius 2 is 1.72 bits per heavy atom. The molecule has 1 atom stereocenters. The second-order valence-electron chi connectivity index (χ2n) is 6.87. The van der Waals surface area contributed by atoms with Gasteiger partial charge in [-0.2, -0.15) is 0 Å². The maximum atomic E-state index is 3.88. The van der Waals surface area contributed by atoms with E-state index < -0.39 is 0 Å². The molecule has 3 fully saturated rings. The lowest BCUT2D eigenvalue weighted by Crippen LogP contribution is -2.54. The standard InChI is InChI=1S/C16H30N2/c1-2-8-16(9-3-1)10-7-15(16)17-11-6-14-18-12-4-5-13-18/h15,17H,1-14H2. The Balaban J connectivity index is 1.33. The van der Waals surface area contributed by atoms with Crippen molar-refractivity contribution >= 4 is 0 Å². The molecule has 3 aliphatic rings. The maximum Gasteiger partial charge on any atom is 0.0124 e. The molecule has 0 amide bonds. The van der Waals surface area contributed by atoms with Crippen molar-refractivity contribution in [1.82, 2.24) is 10.2 Å². The van der Waals surface area contributed by atoms with Crippen molar-refractivity contribution in [1.29, 1.82) is 0 Å². The molecule has 1 heterocycles. The predicted molar refractivity (Wildman–Crippen MR) is 76.8 cm³/mol. The fourth-order valence-electron chi connectivity index (χ4n) is 4.46. The molecule has 0 aromatic carbocycles. The van der Waals surface area contributed by atoms with Crippen molar-refractivity contribution in [2.75, 3.05) is 26.2 Å². The Labute approximate surface area is 113 Å². The van der Waals surface area contributed by atoms with E-state index in [2.05, 4.69) is 10.2 Å². The van der Waals surface area contributed by atoms with Gasteiger partial charge in [-0.05, 0) is 76.5 Å². The number of rotatable bonds is 5. The van der Waals surface area contributed by atoms with Crippen LogP contribution in [-0.2, 0) is 0 Å². The summed E-state index contributed by atoms with van der Waals surface area (Å²) < 4.78 is 0. The number of hydrogen-bond donors (Lipinski definition) is 1. The van der Waals surface area contributed by atoms with Gasteiger partial charge in [-0.1, -0.05) is 19.3 Å². The van der Waals surface area contributed by atoms with Crippen molar-refractivity contribution in [3.05, 3.63) is 0 Å². The van der Waals surface area contributed by atoms with E-state index in [4.69, 9.17) is 0 Å². The third-order valence-electron chi connectivity index (χ3n) is 5.76. The molecule has 18 heavy (non-hydrogen) atoms. The highest BCUT2D eigenvalue weighted by molar-refractivity contribution is 5.01. The Bertz CT molecular complexity index is 252. The van der Waals surface area contributed by atoms with E-state index in [1.807, 2.05) is 0 Å². The van der Waals surface area contributed by atoms with Gasteiger partial charge in [-0.3, -0.25) is 0 Å². The zero-order chi connectivity index (χ0) is 12.3. The molecule has 2 saturated carbocycles. The lowest BCUT2D eigenvalue weighted by molar-refractivity contribution is 0.0229. The van der Waals surface area contributed by atoms with E-state index in [1.165, 1.54) is 90.4 Å². The monoisotopic (exact) mass is 250 g/mol. The van der Waals surface area contributed by atoms with Crippen LogP contribution in [0, 0.1) is 5.41 Å². The van der Waals surface area contributed by atoms with Gasteiger partial charge in [0.1, 0.15) is 0 Å². The number of hydrogen-bond acceptors (Lipinski definition) is 2. The van der Waals surface area contributed by atoms with Gasteiger partial charge in [0.15, 0.2) is 0 Å². The van der Waals surface area contributed by atoms with Crippen LogP contribution in [0.15, 0.2) is 0 Å². The molecule has 0 aromatic rings. The summed E-state index contributed by atoms with van der Waals surface area (Å²) in [6, 6.07) is 0.872. The molecule has 2 aliphatic carbocycles. The minimum Gasteiger partial charge on any atom is -0.313 e. The summed E-state index contributed by atoms with van der Waals surface area (Å²) in [5.41, 5.74) is 0.742. The van der Waals surface area contributed by atoms with Crippen LogP contribution in [0.2, 0.25) is 0 Å². The van der Waals surface area contributed by atoms with E-state index in [9.17, 15) is 0 Å². The molecule has 1 saturated heterocycles. The maximum absolute atomic E-state index is 3.88. The lowest BCUT2D eigenvalue weighted by Gasteiger charge is -2.52. The van der Waals surface area contributed by atoms with Crippen molar-refractivity contribution in [3.63, 3.8) is 0 Å². The van der Waals surface area contributed by atoms with Crippen LogP contribution >= 0.6 is 0 Å². The highest BCUT2D eigenvalue weighted by Crippen LogP contribution is 2.51. The summed E-state index contributed by atoms with van der Waals surface area (Å²) in [6.07, 6.45) is 14.7. The predicted octanol–water partition coefficient (Wildman–Crippen LogP) is 3.17. The summed E-state index contributed by atoms with van der Waals surface area (Å²) in [5, 5.41) is 3.88. The molecule has 1 aliphatic heterocycles. The topological polar surface area (TPSA) is 15.3 Å². The summed E-state index contributed by atoms with van der Waals surface area (Å²) in [6.45, 7) is 5.29. The molecule has 1 unspecified atom stereocenters. The Morgan fingerprint density at radius 1 is 0.944 bits per heavy atom. The van der Waals surface area contributed by atoms with Gasteiger partial charge in [-0.15, -0.1) is 0 Å². The number of nitrogens with zero attached hydrogens (tertiary/aromatic N) is 1. The van der Waals surface area contributed by atoms with Crippen LogP contribution in [0.3, 0.4) is 0 Å². The van der Waals surface area contributed by atoms with Crippen molar-refractivity contribution < 1.29 is 0 Å². The number of nitrogens with one attached hydrogen (secondary N) is 1. The Kier molecular flexibility index (Phi) is 4.25. The van der Waals surface area contributed by atoms with Crippen molar-refractivity contribution in [2.45, 2.75) is 70.3 Å². The van der Waals surface area contributed by atoms with Crippen LogP contribution in [-0.4, -0.2) is 37.1 Å². The van der Waals surface area contributed by atoms with E-state index in [1.54, 1.807) is 0 Å². The van der Waals surface area contributed by atoms with Crippen LogP contribution in [0.4, 0.5) is 0 Å². The van der Waals surface area contributed by atoms with Gasteiger partial charge < -0.3 is 10.2 Å². The van der Waals surface area contributed by atoms with Crippen LogP contribution < -0.4 is 5.32 Å². The number of likely N-dealkylation sites (tertiary alicyclic amines) is 1. The minimum atomic E-state index is 0.742. The molecular formula is C16H30N2. The summed E-state index contributed by atoms with van der Waals surface area (Å²) >= 11 is 0. The normalized spacial score (nSPS) is 31.7. The third kappa shape index (κ3) is 2.75. The van der Waals surface area contributed by atoms with E-state index in [0.29, 0.717) is 0 Å². The second-order valence-corrected chi connectivity index (χ2v) is 6.87. The summed E-state index contributed by atoms with van der Waals surface area (Å²) in [4.78, 5) is 2.64. The van der Waals surface area contributed by atoms with Crippen molar-refractivity contribution in [2.24, 2.45) is 5.41 Å². The molecule has 104 valence electrons. The summed E-state index contributed by atoms with van der Waals surface area (Å²) in [7, 11) is 0. The van der Waals surface area contributed by atoms with Crippen LogP contribution in [0.5, 0.6) is 0 Å². The first kappa shape index (κ1) is 12.9. The van der Waals surface area contributed by atoms with E-state index >= 15 is 0 Å². The van der Waals surface area contributed by atoms with Crippen LogP contribution in [0.1, 0.15) is 64.2 Å². The zero-order valence-corrected chi connectivity index (χ0v) is 11.9. The second kappa shape index (κ2) is 5.92. The first-order chi connectivity index (χ1) is 8.89. The smallest absolute Gasteiger partial charge is 0.0124 e. The first-order valence-corrected chi connectivity index (χ1v) is 8.35. The average Bonchev–Trinajstić information content (AvgIpc) is 2.91. The van der Waals surface area contributed by atoms with Gasteiger partial charge in [-0.25, -0.2) is 0 Å². The van der Waals surface area contributed by atoms with Gasteiger partial charge in [0.25, 0.3) is 0 Å². The van der Waals surface area contributed by atoms with Gasteiger partial charge in [0, 0.05) is 6.04 Å². The average molecular weight is 250 g/mol. The molecule has 1 N–H and O–H groups in total. The quantitative estimate of drug-likeness (QED) is 0.754. The molecule has 0 bridgehead atoms. The van der Waals surface area contributed by atoms with Crippen molar-refractivity contribution in [3.8, 4) is 0 Å². The zero-order valence-electron chi connectivity index (χ0n) is 11.9. The minimum absolute atomic E-state index is 0.742. The molecule has 0 aromatic heterocycles. The van der Waals surface area contributed by atoms with Gasteiger partial charge >= 0.3 is 0 Å². The highest BCUT2D eigenvalue weighted by atomic mass is 15.1.